The van der Waals surface area contributed by atoms with Crippen molar-refractivity contribution in [2.75, 3.05) is 6.61 Å². The van der Waals surface area contributed by atoms with Crippen LogP contribution in [0.5, 0.6) is 23.0 Å². The third-order valence-electron chi connectivity index (χ3n) is 8.17. The highest BCUT2D eigenvalue weighted by molar-refractivity contribution is 5.74. The summed E-state index contributed by atoms with van der Waals surface area (Å²) in [7, 11) is 0. The fourth-order valence-corrected chi connectivity index (χ4v) is 5.91. The lowest BCUT2D eigenvalue weighted by Gasteiger charge is -2.18. The van der Waals surface area contributed by atoms with E-state index in [1.165, 1.54) is 6.07 Å². The Morgan fingerprint density at radius 1 is 1.10 bits per heavy atom. The highest BCUT2D eigenvalue weighted by Crippen LogP contribution is 2.53. The number of aliphatic hydroxyl groups is 1. The Morgan fingerprint density at radius 2 is 1.87 bits per heavy atom. The molecule has 2 N–H and O–H groups in total. The maximum atomic E-state index is 15.0. The fraction of sp³-hybridized carbons (Fsp3) is 0.406. The van der Waals surface area contributed by atoms with Gasteiger partial charge in [0.15, 0.2) is 0 Å². The number of ether oxygens (including phenoxy) is 3. The summed E-state index contributed by atoms with van der Waals surface area (Å²) in [5.41, 5.74) is 2.77. The topological polar surface area (TPSA) is 85.2 Å². The third-order valence-corrected chi connectivity index (χ3v) is 8.17. The zero-order valence-corrected chi connectivity index (χ0v) is 22.2. The second-order valence-corrected chi connectivity index (χ2v) is 11.6. The van der Waals surface area contributed by atoms with E-state index < -0.39 is 17.7 Å². The highest BCUT2D eigenvalue weighted by Gasteiger charge is 2.50. The Morgan fingerprint density at radius 3 is 2.59 bits per heavy atom. The standard InChI is InChI=1S/C32H33FO6/c1-32(2,36)14-13-18-3-5-19(6-4-18)38-27-12-10-26(33)30-22(27)9-11-28(30)39-20-7-8-21-25(17-37-29(21)15-20)23-16-24(23)31(34)35/h3-8,10,12,15,23-25,28,36H,9,11,13-14,16-17H2,1-2H3,(H,34,35). The number of aliphatic carboxylic acids is 1. The lowest BCUT2D eigenvalue weighted by Crippen LogP contribution is -2.19. The molecule has 3 aliphatic rings. The number of aryl methyl sites for hydroxylation is 1. The van der Waals surface area contributed by atoms with Gasteiger partial charge in [-0.15, -0.1) is 0 Å². The van der Waals surface area contributed by atoms with E-state index >= 15 is 4.39 Å². The van der Waals surface area contributed by atoms with Gasteiger partial charge in [-0.25, -0.2) is 4.39 Å². The van der Waals surface area contributed by atoms with Crippen molar-refractivity contribution in [2.24, 2.45) is 11.8 Å². The summed E-state index contributed by atoms with van der Waals surface area (Å²) in [6.45, 7) is 4.09. The van der Waals surface area contributed by atoms with Crippen LogP contribution in [0.15, 0.2) is 54.6 Å². The summed E-state index contributed by atoms with van der Waals surface area (Å²) in [4.78, 5) is 11.3. The van der Waals surface area contributed by atoms with Crippen molar-refractivity contribution in [1.82, 2.24) is 0 Å². The summed E-state index contributed by atoms with van der Waals surface area (Å²) >= 11 is 0. The molecule has 0 aromatic heterocycles. The van der Waals surface area contributed by atoms with Gasteiger partial charge in [0.1, 0.15) is 34.9 Å². The molecule has 204 valence electrons. The van der Waals surface area contributed by atoms with Crippen molar-refractivity contribution in [3.05, 3.63) is 82.7 Å². The number of benzene rings is 3. The Kier molecular flexibility index (Phi) is 6.50. The van der Waals surface area contributed by atoms with Gasteiger partial charge in [-0.1, -0.05) is 18.2 Å². The van der Waals surface area contributed by atoms with Crippen molar-refractivity contribution < 1.29 is 33.6 Å². The molecule has 7 heteroatoms. The lowest BCUT2D eigenvalue weighted by atomic mass is 9.95. The molecule has 39 heavy (non-hydrogen) atoms. The van der Waals surface area contributed by atoms with Crippen LogP contribution < -0.4 is 14.2 Å². The maximum Gasteiger partial charge on any atom is 0.306 e. The zero-order valence-electron chi connectivity index (χ0n) is 22.2. The largest absolute Gasteiger partial charge is 0.493 e. The smallest absolute Gasteiger partial charge is 0.306 e. The second kappa shape index (κ2) is 9.87. The van der Waals surface area contributed by atoms with Gasteiger partial charge in [-0.05, 0) is 87.8 Å². The minimum absolute atomic E-state index is 0.0927. The van der Waals surface area contributed by atoms with E-state index in [0.29, 0.717) is 55.1 Å². The van der Waals surface area contributed by atoms with Crippen molar-refractivity contribution >= 4 is 5.97 Å². The van der Waals surface area contributed by atoms with Gasteiger partial charge >= 0.3 is 5.97 Å². The molecule has 3 aromatic carbocycles. The molecule has 0 spiro atoms. The Bertz CT molecular complexity index is 1390. The van der Waals surface area contributed by atoms with Crippen LogP contribution in [0.2, 0.25) is 0 Å². The molecule has 4 atom stereocenters. The molecule has 3 aromatic rings. The molecular formula is C32H33FO6. The molecule has 0 radical (unpaired) electrons. The number of halogens is 1. The first-order valence-corrected chi connectivity index (χ1v) is 13.6. The summed E-state index contributed by atoms with van der Waals surface area (Å²) < 4.78 is 33.4. The normalized spacial score (nSPS) is 23.1. The SMILES string of the molecule is CC(C)(O)CCc1ccc(Oc2ccc(F)c3c2CCC3Oc2ccc3c(c2)OCC3C2CC2C(=O)O)cc1. The summed E-state index contributed by atoms with van der Waals surface area (Å²) in [5.74, 6) is 1.49. The third kappa shape index (κ3) is 5.33. The molecule has 1 saturated carbocycles. The fourth-order valence-electron chi connectivity index (χ4n) is 5.91. The number of hydrogen-bond acceptors (Lipinski definition) is 5. The van der Waals surface area contributed by atoms with E-state index in [0.717, 1.165) is 28.9 Å². The predicted molar refractivity (Wildman–Crippen MR) is 143 cm³/mol. The maximum absolute atomic E-state index is 15.0. The number of carboxylic acids is 1. The summed E-state index contributed by atoms with van der Waals surface area (Å²) in [6.07, 6.45) is 2.96. The molecule has 2 aliphatic carbocycles. The zero-order chi connectivity index (χ0) is 27.3. The minimum atomic E-state index is -0.738. The monoisotopic (exact) mass is 532 g/mol. The van der Waals surface area contributed by atoms with Crippen LogP contribution in [0, 0.1) is 17.7 Å². The first kappa shape index (κ1) is 25.7. The van der Waals surface area contributed by atoms with Gasteiger partial charge in [-0.2, -0.15) is 0 Å². The molecular weight excluding hydrogens is 499 g/mol. The van der Waals surface area contributed by atoms with Crippen LogP contribution in [-0.2, 0) is 17.6 Å². The molecule has 6 rings (SSSR count). The number of fused-ring (bicyclic) bond motifs is 2. The van der Waals surface area contributed by atoms with Gasteiger partial charge in [0, 0.05) is 28.7 Å². The Labute approximate surface area is 227 Å². The first-order chi connectivity index (χ1) is 18.7. The lowest BCUT2D eigenvalue weighted by molar-refractivity contribution is -0.138. The molecule has 1 fully saturated rings. The van der Waals surface area contributed by atoms with E-state index in [4.69, 9.17) is 14.2 Å². The van der Waals surface area contributed by atoms with Gasteiger partial charge in [-0.3, -0.25) is 4.79 Å². The van der Waals surface area contributed by atoms with Gasteiger partial charge in [0.25, 0.3) is 0 Å². The van der Waals surface area contributed by atoms with E-state index in [9.17, 15) is 15.0 Å². The summed E-state index contributed by atoms with van der Waals surface area (Å²) in [5, 5.41) is 19.3. The number of hydrogen-bond donors (Lipinski definition) is 2. The Hall–Kier alpha value is -3.58. The van der Waals surface area contributed by atoms with Crippen LogP contribution in [0.3, 0.4) is 0 Å². The van der Waals surface area contributed by atoms with Crippen molar-refractivity contribution in [3.8, 4) is 23.0 Å². The van der Waals surface area contributed by atoms with E-state index in [-0.39, 0.29) is 23.6 Å². The summed E-state index contributed by atoms with van der Waals surface area (Å²) in [6, 6.07) is 16.5. The quantitative estimate of drug-likeness (QED) is 0.324. The molecule has 0 bridgehead atoms. The predicted octanol–water partition coefficient (Wildman–Crippen LogP) is 6.58. The average Bonchev–Trinajstić information content (AvgIpc) is 3.41. The second-order valence-electron chi connectivity index (χ2n) is 11.6. The molecule has 1 heterocycles. The van der Waals surface area contributed by atoms with Crippen molar-refractivity contribution in [2.45, 2.75) is 63.6 Å². The van der Waals surface area contributed by atoms with Crippen LogP contribution in [-0.4, -0.2) is 28.4 Å². The first-order valence-electron chi connectivity index (χ1n) is 13.6. The number of rotatable bonds is 9. The average molecular weight is 533 g/mol. The van der Waals surface area contributed by atoms with E-state index in [1.807, 2.05) is 42.5 Å². The van der Waals surface area contributed by atoms with E-state index in [2.05, 4.69) is 0 Å². The molecule has 1 aliphatic heterocycles. The van der Waals surface area contributed by atoms with Crippen molar-refractivity contribution in [3.63, 3.8) is 0 Å². The highest BCUT2D eigenvalue weighted by atomic mass is 19.1. The minimum Gasteiger partial charge on any atom is -0.493 e. The van der Waals surface area contributed by atoms with Crippen LogP contribution >= 0.6 is 0 Å². The van der Waals surface area contributed by atoms with Crippen molar-refractivity contribution in [1.29, 1.82) is 0 Å². The van der Waals surface area contributed by atoms with Gasteiger partial charge in [0.2, 0.25) is 0 Å². The van der Waals surface area contributed by atoms with Crippen LogP contribution in [0.4, 0.5) is 4.39 Å². The van der Waals surface area contributed by atoms with E-state index in [1.54, 1.807) is 19.9 Å². The number of carboxylic acid groups (broad SMARTS) is 1. The van der Waals surface area contributed by atoms with Crippen LogP contribution in [0.1, 0.15) is 67.4 Å². The Balaban J connectivity index is 1.15. The molecule has 0 amide bonds. The molecule has 4 unspecified atom stereocenters. The van der Waals surface area contributed by atoms with Gasteiger partial charge < -0.3 is 24.4 Å². The number of carbonyl (C=O) groups is 1. The van der Waals surface area contributed by atoms with Crippen LogP contribution in [0.25, 0.3) is 0 Å². The molecule has 0 saturated heterocycles. The van der Waals surface area contributed by atoms with Gasteiger partial charge in [0.05, 0.1) is 18.1 Å². The molecule has 6 nitrogen and oxygen atoms in total.